The fourth-order valence-corrected chi connectivity index (χ4v) is 12.0. The fraction of sp³-hybridized carbons (Fsp3) is 0.0149. The summed E-state index contributed by atoms with van der Waals surface area (Å²) in [6, 6.07) is 98.8. The third-order valence-electron chi connectivity index (χ3n) is 14.8. The third-order valence-corrected chi connectivity index (χ3v) is 14.8. The molecule has 12 aromatic rings. The molecule has 69 heavy (non-hydrogen) atoms. The van der Waals surface area contributed by atoms with Gasteiger partial charge in [0.25, 0.3) is 0 Å². The van der Waals surface area contributed by atoms with E-state index >= 15 is 0 Å². The Bertz CT molecular complexity index is 3900. The van der Waals surface area contributed by atoms with Gasteiger partial charge in [-0.05, 0) is 131 Å². The molecule has 0 N–H and O–H groups in total. The average Bonchev–Trinajstić information content (AvgIpc) is 3.73. The minimum atomic E-state index is -0.603. The highest BCUT2D eigenvalue weighted by Crippen LogP contribution is 2.65. The molecule has 0 bridgehead atoms. The molecule has 14 rings (SSSR count). The van der Waals surface area contributed by atoms with E-state index in [0.717, 1.165) is 33.9 Å². The summed E-state index contributed by atoms with van der Waals surface area (Å²) in [6.07, 6.45) is 0. The quantitative estimate of drug-likeness (QED) is 0.154. The minimum absolute atomic E-state index is 0.603. The van der Waals surface area contributed by atoms with Crippen LogP contribution in [0.25, 0.3) is 65.7 Å². The molecule has 1 heterocycles. The van der Waals surface area contributed by atoms with Crippen LogP contribution in [0.15, 0.2) is 267 Å². The van der Waals surface area contributed by atoms with Crippen LogP contribution >= 0.6 is 0 Å². The van der Waals surface area contributed by atoms with E-state index in [-0.39, 0.29) is 0 Å². The van der Waals surface area contributed by atoms with Crippen molar-refractivity contribution in [3.63, 3.8) is 0 Å². The number of para-hydroxylation sites is 4. The number of hydrogen-bond acceptors (Lipinski definition) is 2. The van der Waals surface area contributed by atoms with Crippen molar-refractivity contribution in [3.05, 3.63) is 289 Å². The van der Waals surface area contributed by atoms with Crippen molar-refractivity contribution in [1.29, 1.82) is 0 Å². The molecule has 322 valence electrons. The predicted octanol–water partition coefficient (Wildman–Crippen LogP) is 18.1. The van der Waals surface area contributed by atoms with Gasteiger partial charge in [-0.1, -0.05) is 212 Å². The topological polar surface area (TPSA) is 6.48 Å². The van der Waals surface area contributed by atoms with Crippen molar-refractivity contribution >= 4 is 66.4 Å². The van der Waals surface area contributed by atoms with Gasteiger partial charge in [0.05, 0.1) is 28.2 Å². The molecule has 0 unspecified atom stereocenters. The standard InChI is InChI=1S/C67H44N2/c1-3-21-45(22-4-1)46-23-19-24-47(43-46)50-27-12-16-37-62(50)69(49-41-42-55-53-30-8-7-28-51(53)52-29-9-10-31-54(52)57(55)44-49)65-40-20-36-61-66(65)56-32-11-13-33-58(56)67(61)59-34-14-17-38-63(59)68(48-25-5-2-6-26-48)64-39-18-15-35-60(64)67/h1-44H. The summed E-state index contributed by atoms with van der Waals surface area (Å²) < 4.78 is 0. The summed E-state index contributed by atoms with van der Waals surface area (Å²) in [6.45, 7) is 0. The van der Waals surface area contributed by atoms with Crippen molar-refractivity contribution in [1.82, 2.24) is 0 Å². The maximum atomic E-state index is 2.56. The van der Waals surface area contributed by atoms with E-state index in [1.165, 1.54) is 88.2 Å². The van der Waals surface area contributed by atoms with Gasteiger partial charge in [-0.2, -0.15) is 0 Å². The Balaban J connectivity index is 1.08. The zero-order valence-corrected chi connectivity index (χ0v) is 37.8. The second-order valence-electron chi connectivity index (χ2n) is 18.3. The fourth-order valence-electron chi connectivity index (χ4n) is 12.0. The molecule has 12 aromatic carbocycles. The van der Waals surface area contributed by atoms with E-state index in [0.29, 0.717) is 0 Å². The summed E-state index contributed by atoms with van der Waals surface area (Å²) in [4.78, 5) is 5.01. The molecule has 0 atom stereocenters. The van der Waals surface area contributed by atoms with Gasteiger partial charge in [-0.15, -0.1) is 0 Å². The van der Waals surface area contributed by atoms with Crippen LogP contribution in [0, 0.1) is 0 Å². The second kappa shape index (κ2) is 15.6. The first-order valence-electron chi connectivity index (χ1n) is 23.9. The second-order valence-corrected chi connectivity index (χ2v) is 18.3. The van der Waals surface area contributed by atoms with Gasteiger partial charge in [-0.25, -0.2) is 0 Å². The molecule has 0 saturated carbocycles. The molecule has 1 aliphatic heterocycles. The van der Waals surface area contributed by atoms with Gasteiger partial charge < -0.3 is 9.80 Å². The van der Waals surface area contributed by atoms with Crippen molar-refractivity contribution in [2.75, 3.05) is 9.80 Å². The van der Waals surface area contributed by atoms with E-state index in [2.05, 4.69) is 277 Å². The van der Waals surface area contributed by atoms with E-state index in [1.807, 2.05) is 0 Å². The Labute approximate surface area is 402 Å². The van der Waals surface area contributed by atoms with Gasteiger partial charge in [0.15, 0.2) is 0 Å². The molecule has 0 radical (unpaired) electrons. The molecule has 2 nitrogen and oxygen atoms in total. The van der Waals surface area contributed by atoms with Crippen LogP contribution in [-0.4, -0.2) is 0 Å². The minimum Gasteiger partial charge on any atom is -0.310 e. The molecule has 2 heteroatoms. The van der Waals surface area contributed by atoms with Crippen LogP contribution in [0.3, 0.4) is 0 Å². The normalized spacial score (nSPS) is 13.0. The van der Waals surface area contributed by atoms with Crippen molar-refractivity contribution in [2.45, 2.75) is 5.41 Å². The molecule has 1 aliphatic carbocycles. The first-order chi connectivity index (χ1) is 34.3. The summed E-state index contributed by atoms with van der Waals surface area (Å²) in [5.41, 5.74) is 18.5. The molecule has 2 aliphatic rings. The average molecular weight is 877 g/mol. The molecule has 1 spiro atoms. The molecular weight excluding hydrogens is 833 g/mol. The Morgan fingerprint density at radius 3 is 1.46 bits per heavy atom. The van der Waals surface area contributed by atoms with Crippen molar-refractivity contribution in [3.8, 4) is 33.4 Å². The highest BCUT2D eigenvalue weighted by molar-refractivity contribution is 6.26. The van der Waals surface area contributed by atoms with Crippen molar-refractivity contribution in [2.24, 2.45) is 0 Å². The lowest BCUT2D eigenvalue weighted by Gasteiger charge is -2.45. The first kappa shape index (κ1) is 39.2. The number of rotatable bonds is 6. The summed E-state index contributed by atoms with van der Waals surface area (Å²) in [5.74, 6) is 0. The molecule has 0 amide bonds. The van der Waals surface area contributed by atoms with Crippen LogP contribution in [0.4, 0.5) is 34.1 Å². The smallest absolute Gasteiger partial charge is 0.0755 e. The van der Waals surface area contributed by atoms with Gasteiger partial charge in [0.2, 0.25) is 0 Å². The van der Waals surface area contributed by atoms with Crippen LogP contribution in [0.1, 0.15) is 22.3 Å². The lowest BCUT2D eigenvalue weighted by atomic mass is 9.64. The molecule has 0 fully saturated rings. The van der Waals surface area contributed by atoms with Gasteiger partial charge in [-0.3, -0.25) is 0 Å². The zero-order valence-electron chi connectivity index (χ0n) is 37.8. The molecular formula is C67H44N2. The van der Waals surface area contributed by atoms with E-state index in [9.17, 15) is 0 Å². The SMILES string of the molecule is c1ccc(-c2cccc(-c3ccccc3N(c3ccc4c5ccccc5c5ccccc5c4c3)c3cccc4c3-c3ccccc3C43c4ccccc4N(c4ccccc4)c4ccccc43)c2)cc1. The summed E-state index contributed by atoms with van der Waals surface area (Å²) in [7, 11) is 0. The van der Waals surface area contributed by atoms with E-state index in [4.69, 9.17) is 0 Å². The third kappa shape index (κ3) is 5.79. The van der Waals surface area contributed by atoms with E-state index in [1.54, 1.807) is 0 Å². The van der Waals surface area contributed by atoms with Crippen LogP contribution < -0.4 is 9.80 Å². The Morgan fingerprint density at radius 2 is 0.768 bits per heavy atom. The maximum Gasteiger partial charge on any atom is 0.0755 e. The molecule has 0 saturated heterocycles. The number of hydrogen-bond donors (Lipinski definition) is 0. The number of benzene rings is 12. The van der Waals surface area contributed by atoms with Gasteiger partial charge in [0.1, 0.15) is 0 Å². The van der Waals surface area contributed by atoms with Gasteiger partial charge >= 0.3 is 0 Å². The predicted molar refractivity (Wildman–Crippen MR) is 290 cm³/mol. The summed E-state index contributed by atoms with van der Waals surface area (Å²) in [5, 5.41) is 7.53. The Kier molecular flexibility index (Phi) is 8.84. The van der Waals surface area contributed by atoms with Gasteiger partial charge in [0, 0.05) is 22.5 Å². The lowest BCUT2D eigenvalue weighted by molar-refractivity contribution is 0.752. The molecule has 0 aromatic heterocycles. The Hall–Kier alpha value is -8.98. The largest absolute Gasteiger partial charge is 0.310 e. The van der Waals surface area contributed by atoms with Crippen LogP contribution in [0.5, 0.6) is 0 Å². The maximum absolute atomic E-state index is 2.56. The van der Waals surface area contributed by atoms with Crippen LogP contribution in [-0.2, 0) is 5.41 Å². The van der Waals surface area contributed by atoms with Crippen LogP contribution in [0.2, 0.25) is 0 Å². The summed E-state index contributed by atoms with van der Waals surface area (Å²) >= 11 is 0. The van der Waals surface area contributed by atoms with E-state index < -0.39 is 5.41 Å². The zero-order chi connectivity index (χ0) is 45.5. The lowest BCUT2D eigenvalue weighted by Crippen LogP contribution is -2.36. The number of anilines is 6. The van der Waals surface area contributed by atoms with Crippen molar-refractivity contribution < 1.29 is 0 Å². The monoisotopic (exact) mass is 876 g/mol. The highest BCUT2D eigenvalue weighted by Gasteiger charge is 2.52. The highest BCUT2D eigenvalue weighted by atomic mass is 15.2. The number of fused-ring (bicyclic) bond motifs is 15. The first-order valence-corrected chi connectivity index (χ1v) is 23.9. The Morgan fingerprint density at radius 1 is 0.290 bits per heavy atom. The number of nitrogens with zero attached hydrogens (tertiary/aromatic N) is 2.